The largest absolute Gasteiger partial charge is 0.494 e. The number of benzene rings is 2. The van der Waals surface area contributed by atoms with Gasteiger partial charge in [0.2, 0.25) is 5.91 Å². The molecule has 0 bridgehead atoms. The van der Waals surface area contributed by atoms with Gasteiger partial charge >= 0.3 is 6.03 Å². The van der Waals surface area contributed by atoms with Gasteiger partial charge in [0.25, 0.3) is 0 Å². The zero-order chi connectivity index (χ0) is 18.5. The first-order valence-electron chi connectivity index (χ1n) is 8.41. The van der Waals surface area contributed by atoms with Crippen molar-refractivity contribution in [2.24, 2.45) is 0 Å². The fourth-order valence-electron chi connectivity index (χ4n) is 2.83. The van der Waals surface area contributed by atoms with E-state index in [-0.39, 0.29) is 30.2 Å². The van der Waals surface area contributed by atoms with E-state index >= 15 is 0 Å². The Kier molecular flexibility index (Phi) is 5.36. The molecule has 3 amide bonds. The van der Waals surface area contributed by atoms with Crippen LogP contribution < -0.4 is 20.3 Å². The van der Waals surface area contributed by atoms with E-state index in [1.54, 1.807) is 41.3 Å². The Morgan fingerprint density at radius 3 is 2.54 bits per heavy atom. The van der Waals surface area contributed by atoms with E-state index in [9.17, 15) is 14.0 Å². The number of nitrogens with one attached hydrogen (secondary N) is 2. The molecule has 1 saturated heterocycles. The van der Waals surface area contributed by atoms with E-state index in [0.29, 0.717) is 24.5 Å². The zero-order valence-electron chi connectivity index (χ0n) is 14.4. The van der Waals surface area contributed by atoms with Crippen LogP contribution >= 0.6 is 0 Å². The summed E-state index contributed by atoms with van der Waals surface area (Å²) in [6.45, 7) is 2.83. The van der Waals surface area contributed by atoms with Crippen molar-refractivity contribution in [2.75, 3.05) is 23.4 Å². The van der Waals surface area contributed by atoms with Gasteiger partial charge < -0.3 is 20.3 Å². The summed E-state index contributed by atoms with van der Waals surface area (Å²) in [6, 6.07) is 12.1. The molecule has 1 fully saturated rings. The van der Waals surface area contributed by atoms with Crippen molar-refractivity contribution in [3.05, 3.63) is 54.3 Å². The van der Waals surface area contributed by atoms with Crippen LogP contribution in [-0.4, -0.2) is 31.1 Å². The summed E-state index contributed by atoms with van der Waals surface area (Å²) in [4.78, 5) is 25.8. The third-order valence-electron chi connectivity index (χ3n) is 4.02. The first-order chi connectivity index (χ1) is 12.5. The molecule has 1 aliphatic heterocycles. The van der Waals surface area contributed by atoms with Crippen LogP contribution in [0.4, 0.5) is 20.6 Å². The number of nitrogens with zero attached hydrogens (tertiary/aromatic N) is 1. The number of rotatable bonds is 5. The molecule has 0 radical (unpaired) electrons. The van der Waals surface area contributed by atoms with E-state index in [1.807, 2.05) is 6.92 Å². The number of halogens is 1. The molecule has 2 aromatic carbocycles. The van der Waals surface area contributed by atoms with Gasteiger partial charge in [-0.25, -0.2) is 9.18 Å². The van der Waals surface area contributed by atoms with Crippen LogP contribution in [0.15, 0.2) is 48.5 Å². The molecule has 0 saturated carbocycles. The highest BCUT2D eigenvalue weighted by Crippen LogP contribution is 2.22. The predicted octanol–water partition coefficient (Wildman–Crippen LogP) is 3.15. The summed E-state index contributed by atoms with van der Waals surface area (Å²) in [7, 11) is 0. The smallest absolute Gasteiger partial charge is 0.319 e. The molecule has 0 aliphatic carbocycles. The molecule has 0 unspecified atom stereocenters. The van der Waals surface area contributed by atoms with Crippen molar-refractivity contribution < 1.29 is 18.7 Å². The van der Waals surface area contributed by atoms with E-state index in [2.05, 4.69) is 10.6 Å². The normalized spacial score (nSPS) is 16.5. The van der Waals surface area contributed by atoms with Crippen LogP contribution in [0, 0.1) is 5.82 Å². The van der Waals surface area contributed by atoms with Crippen molar-refractivity contribution in [2.45, 2.75) is 19.4 Å². The quantitative estimate of drug-likeness (QED) is 0.864. The Labute approximate surface area is 150 Å². The fraction of sp³-hybridized carbons (Fsp3) is 0.263. The van der Waals surface area contributed by atoms with Crippen molar-refractivity contribution in [1.29, 1.82) is 0 Å². The standard InChI is InChI=1S/C19H20FN3O3/c1-2-26-17-9-5-14(6-10-17)21-19(25)22-15-11-18(24)23(12-15)16-7-3-13(20)4-8-16/h3-10,15H,2,11-12H2,1H3,(H2,21,22,25)/t15-/m0/s1. The second kappa shape index (κ2) is 7.86. The number of hydrogen-bond donors (Lipinski definition) is 2. The van der Waals surface area contributed by atoms with Gasteiger partial charge in [-0.3, -0.25) is 4.79 Å². The number of urea groups is 1. The number of amides is 3. The van der Waals surface area contributed by atoms with Crippen molar-refractivity contribution in [3.8, 4) is 5.75 Å². The fourth-order valence-corrected chi connectivity index (χ4v) is 2.83. The van der Waals surface area contributed by atoms with Gasteiger partial charge in [0.1, 0.15) is 11.6 Å². The van der Waals surface area contributed by atoms with Gasteiger partial charge in [-0.05, 0) is 55.5 Å². The molecule has 0 spiro atoms. The van der Waals surface area contributed by atoms with Crippen molar-refractivity contribution in [1.82, 2.24) is 5.32 Å². The predicted molar refractivity (Wildman–Crippen MR) is 96.9 cm³/mol. The first kappa shape index (κ1) is 17.7. The van der Waals surface area contributed by atoms with Gasteiger partial charge in [-0.1, -0.05) is 0 Å². The third kappa shape index (κ3) is 4.30. The minimum Gasteiger partial charge on any atom is -0.494 e. The van der Waals surface area contributed by atoms with Gasteiger partial charge in [0.15, 0.2) is 0 Å². The van der Waals surface area contributed by atoms with Crippen LogP contribution in [-0.2, 0) is 4.79 Å². The molecule has 1 heterocycles. The lowest BCUT2D eigenvalue weighted by molar-refractivity contribution is -0.117. The summed E-state index contributed by atoms with van der Waals surface area (Å²) in [5.41, 5.74) is 1.25. The van der Waals surface area contributed by atoms with Crippen LogP contribution in [0.5, 0.6) is 5.75 Å². The number of hydrogen-bond acceptors (Lipinski definition) is 3. The molecule has 136 valence electrons. The van der Waals surface area contributed by atoms with Crippen LogP contribution in [0.3, 0.4) is 0 Å². The Morgan fingerprint density at radius 2 is 1.88 bits per heavy atom. The average Bonchev–Trinajstić information content (AvgIpc) is 2.97. The SMILES string of the molecule is CCOc1ccc(NC(=O)N[C@H]2CC(=O)N(c3ccc(F)cc3)C2)cc1. The minimum absolute atomic E-state index is 0.108. The highest BCUT2D eigenvalue weighted by Gasteiger charge is 2.31. The van der Waals surface area contributed by atoms with E-state index in [0.717, 1.165) is 5.75 Å². The maximum atomic E-state index is 13.0. The summed E-state index contributed by atoms with van der Waals surface area (Å²) in [6.07, 6.45) is 0.202. The van der Waals surface area contributed by atoms with Crippen LogP contribution in [0.25, 0.3) is 0 Å². The lowest BCUT2D eigenvalue weighted by Crippen LogP contribution is -2.39. The average molecular weight is 357 g/mol. The number of carbonyl (C=O) groups excluding carboxylic acids is 2. The maximum absolute atomic E-state index is 13.0. The van der Waals surface area contributed by atoms with Gasteiger partial charge in [0, 0.05) is 24.3 Å². The molecule has 3 rings (SSSR count). The molecule has 7 heteroatoms. The summed E-state index contributed by atoms with van der Waals surface area (Å²) >= 11 is 0. The van der Waals surface area contributed by atoms with Crippen molar-refractivity contribution >= 4 is 23.3 Å². The molecular formula is C19H20FN3O3. The molecular weight excluding hydrogens is 337 g/mol. The summed E-state index contributed by atoms with van der Waals surface area (Å²) in [5, 5.41) is 5.52. The van der Waals surface area contributed by atoms with Gasteiger partial charge in [-0.2, -0.15) is 0 Å². The first-order valence-corrected chi connectivity index (χ1v) is 8.41. The molecule has 26 heavy (non-hydrogen) atoms. The molecule has 2 N–H and O–H groups in total. The lowest BCUT2D eigenvalue weighted by atomic mass is 10.2. The van der Waals surface area contributed by atoms with Crippen LogP contribution in [0.2, 0.25) is 0 Å². The second-order valence-corrected chi connectivity index (χ2v) is 5.94. The number of carbonyl (C=O) groups is 2. The molecule has 1 aliphatic rings. The number of ether oxygens (including phenoxy) is 1. The number of anilines is 2. The van der Waals surface area contributed by atoms with E-state index < -0.39 is 0 Å². The zero-order valence-corrected chi connectivity index (χ0v) is 14.4. The maximum Gasteiger partial charge on any atom is 0.319 e. The van der Waals surface area contributed by atoms with E-state index in [4.69, 9.17) is 4.74 Å². The van der Waals surface area contributed by atoms with E-state index in [1.165, 1.54) is 12.1 Å². The third-order valence-corrected chi connectivity index (χ3v) is 4.02. The van der Waals surface area contributed by atoms with Gasteiger partial charge in [0.05, 0.1) is 12.6 Å². The van der Waals surface area contributed by atoms with Gasteiger partial charge in [-0.15, -0.1) is 0 Å². The Morgan fingerprint density at radius 1 is 1.19 bits per heavy atom. The highest BCUT2D eigenvalue weighted by molar-refractivity contribution is 5.97. The van der Waals surface area contributed by atoms with Crippen LogP contribution in [0.1, 0.15) is 13.3 Å². The summed E-state index contributed by atoms with van der Waals surface area (Å²) in [5.74, 6) is 0.266. The second-order valence-electron chi connectivity index (χ2n) is 5.94. The minimum atomic E-state index is -0.382. The highest BCUT2D eigenvalue weighted by atomic mass is 19.1. The Balaban J connectivity index is 1.55. The molecule has 2 aromatic rings. The molecule has 1 atom stereocenters. The lowest BCUT2D eigenvalue weighted by Gasteiger charge is -2.17. The molecule has 6 nitrogen and oxygen atoms in total. The topological polar surface area (TPSA) is 70.7 Å². The Hall–Kier alpha value is -3.09. The van der Waals surface area contributed by atoms with Crippen molar-refractivity contribution in [3.63, 3.8) is 0 Å². The Bertz CT molecular complexity index is 778. The summed E-state index contributed by atoms with van der Waals surface area (Å²) < 4.78 is 18.4. The monoisotopic (exact) mass is 357 g/mol. The molecule has 0 aromatic heterocycles.